The second kappa shape index (κ2) is 4.15. The van der Waals surface area contributed by atoms with Gasteiger partial charge in [-0.3, -0.25) is 9.59 Å². The second-order valence-corrected chi connectivity index (χ2v) is 5.32. The lowest BCUT2D eigenvalue weighted by Gasteiger charge is -2.26. The Morgan fingerprint density at radius 3 is 2.31 bits per heavy atom. The molecule has 0 aromatic heterocycles. The SMILES string of the molecule is CCC(C)C(=O)C1C2C=CC(C2)C1C(C)=O. The lowest BCUT2D eigenvalue weighted by molar-refractivity contribution is -0.134. The molecule has 5 unspecified atom stereocenters. The van der Waals surface area contributed by atoms with Gasteiger partial charge in [0, 0.05) is 17.8 Å². The Morgan fingerprint density at radius 1 is 1.25 bits per heavy atom. The summed E-state index contributed by atoms with van der Waals surface area (Å²) in [6.07, 6.45) is 6.17. The third-order valence-corrected chi connectivity index (χ3v) is 4.36. The topological polar surface area (TPSA) is 34.1 Å². The van der Waals surface area contributed by atoms with Crippen LogP contribution in [0.1, 0.15) is 33.6 Å². The largest absolute Gasteiger partial charge is 0.300 e. The van der Waals surface area contributed by atoms with Crippen molar-refractivity contribution in [3.05, 3.63) is 12.2 Å². The van der Waals surface area contributed by atoms with Crippen LogP contribution in [-0.4, -0.2) is 11.6 Å². The average molecular weight is 220 g/mol. The summed E-state index contributed by atoms with van der Waals surface area (Å²) in [5, 5.41) is 0. The normalized spacial score (nSPS) is 37.7. The van der Waals surface area contributed by atoms with E-state index in [9.17, 15) is 9.59 Å². The Bertz CT molecular complexity index is 343. The van der Waals surface area contributed by atoms with Crippen molar-refractivity contribution < 1.29 is 9.59 Å². The highest BCUT2D eigenvalue weighted by Crippen LogP contribution is 2.49. The van der Waals surface area contributed by atoms with Gasteiger partial charge in [0.1, 0.15) is 11.6 Å². The Hall–Kier alpha value is -0.920. The van der Waals surface area contributed by atoms with Gasteiger partial charge in [-0.15, -0.1) is 0 Å². The van der Waals surface area contributed by atoms with E-state index in [4.69, 9.17) is 0 Å². The lowest BCUT2D eigenvalue weighted by atomic mass is 9.75. The molecule has 0 saturated heterocycles. The lowest BCUT2D eigenvalue weighted by Crippen LogP contribution is -2.34. The number of rotatable bonds is 4. The van der Waals surface area contributed by atoms with Crippen LogP contribution in [-0.2, 0) is 9.59 Å². The first-order valence-corrected chi connectivity index (χ1v) is 6.28. The number of Topliss-reactive ketones (excluding diaryl/α,β-unsaturated/α-hetero) is 2. The standard InChI is InChI=1S/C14H20O2/c1-4-8(2)14(16)13-11-6-5-10(7-11)12(13)9(3)15/h5-6,8,10-13H,4,7H2,1-3H3. The number of hydrogen-bond donors (Lipinski definition) is 0. The van der Waals surface area contributed by atoms with E-state index < -0.39 is 0 Å². The van der Waals surface area contributed by atoms with Crippen molar-refractivity contribution in [3.63, 3.8) is 0 Å². The second-order valence-electron chi connectivity index (χ2n) is 5.32. The Morgan fingerprint density at radius 2 is 1.81 bits per heavy atom. The van der Waals surface area contributed by atoms with Crippen LogP contribution in [0.25, 0.3) is 0 Å². The number of allylic oxidation sites excluding steroid dienone is 2. The maximum Gasteiger partial charge on any atom is 0.140 e. The summed E-state index contributed by atoms with van der Waals surface area (Å²) >= 11 is 0. The Kier molecular flexibility index (Phi) is 3.00. The molecule has 0 aromatic rings. The molecule has 2 aliphatic carbocycles. The van der Waals surface area contributed by atoms with Gasteiger partial charge in [-0.2, -0.15) is 0 Å². The molecule has 0 N–H and O–H groups in total. The van der Waals surface area contributed by atoms with E-state index in [1.807, 2.05) is 13.8 Å². The zero-order chi connectivity index (χ0) is 11.9. The van der Waals surface area contributed by atoms with Crippen molar-refractivity contribution >= 4 is 11.6 Å². The molecule has 0 aliphatic heterocycles. The van der Waals surface area contributed by atoms with Crippen LogP contribution in [0.3, 0.4) is 0 Å². The quantitative estimate of drug-likeness (QED) is 0.682. The van der Waals surface area contributed by atoms with Gasteiger partial charge in [0.05, 0.1) is 0 Å². The molecule has 1 saturated carbocycles. The van der Waals surface area contributed by atoms with Gasteiger partial charge < -0.3 is 0 Å². The van der Waals surface area contributed by atoms with Gasteiger partial charge in [0.25, 0.3) is 0 Å². The molecule has 2 nitrogen and oxygen atoms in total. The van der Waals surface area contributed by atoms with Crippen LogP contribution in [0.2, 0.25) is 0 Å². The van der Waals surface area contributed by atoms with E-state index in [1.165, 1.54) is 0 Å². The van der Waals surface area contributed by atoms with Crippen molar-refractivity contribution in [2.75, 3.05) is 0 Å². The third-order valence-electron chi connectivity index (χ3n) is 4.36. The average Bonchev–Trinajstić information content (AvgIpc) is 2.85. The van der Waals surface area contributed by atoms with Crippen LogP contribution in [0.15, 0.2) is 12.2 Å². The molecule has 0 radical (unpaired) electrons. The summed E-state index contributed by atoms with van der Waals surface area (Å²) in [5.41, 5.74) is 0. The molecule has 0 amide bonds. The summed E-state index contributed by atoms with van der Waals surface area (Å²) < 4.78 is 0. The van der Waals surface area contributed by atoms with E-state index in [1.54, 1.807) is 6.92 Å². The molecule has 88 valence electrons. The molecule has 2 heteroatoms. The summed E-state index contributed by atoms with van der Waals surface area (Å²) in [4.78, 5) is 24.0. The maximum absolute atomic E-state index is 12.3. The first-order chi connectivity index (χ1) is 7.56. The summed E-state index contributed by atoms with van der Waals surface area (Å²) in [6.45, 7) is 5.65. The van der Waals surface area contributed by atoms with Crippen molar-refractivity contribution in [1.82, 2.24) is 0 Å². The number of carbonyl (C=O) groups excluding carboxylic acids is 2. The molecular formula is C14H20O2. The Labute approximate surface area is 97.1 Å². The number of fused-ring (bicyclic) bond motifs is 2. The smallest absolute Gasteiger partial charge is 0.140 e. The van der Waals surface area contributed by atoms with Crippen molar-refractivity contribution in [2.24, 2.45) is 29.6 Å². The highest BCUT2D eigenvalue weighted by Gasteiger charge is 2.50. The van der Waals surface area contributed by atoms with E-state index in [2.05, 4.69) is 12.2 Å². The minimum Gasteiger partial charge on any atom is -0.300 e. The van der Waals surface area contributed by atoms with Gasteiger partial charge in [-0.05, 0) is 31.6 Å². The van der Waals surface area contributed by atoms with Gasteiger partial charge in [0.15, 0.2) is 0 Å². The predicted octanol–water partition coefficient (Wildman–Crippen LogP) is 2.63. The number of ketones is 2. The fourth-order valence-corrected chi connectivity index (χ4v) is 3.29. The van der Waals surface area contributed by atoms with Crippen LogP contribution in [0, 0.1) is 29.6 Å². The van der Waals surface area contributed by atoms with Crippen LogP contribution >= 0.6 is 0 Å². The molecule has 2 rings (SSSR count). The fourth-order valence-electron chi connectivity index (χ4n) is 3.29. The highest BCUT2D eigenvalue weighted by atomic mass is 16.1. The molecule has 5 atom stereocenters. The van der Waals surface area contributed by atoms with Crippen molar-refractivity contribution in [3.8, 4) is 0 Å². The van der Waals surface area contributed by atoms with E-state index >= 15 is 0 Å². The third kappa shape index (κ3) is 1.64. The molecular weight excluding hydrogens is 200 g/mol. The summed E-state index contributed by atoms with van der Waals surface area (Å²) in [5.74, 6) is 1.21. The molecule has 0 aromatic carbocycles. The summed E-state index contributed by atoms with van der Waals surface area (Å²) in [6, 6.07) is 0. The number of hydrogen-bond acceptors (Lipinski definition) is 2. The fraction of sp³-hybridized carbons (Fsp3) is 0.714. The van der Waals surface area contributed by atoms with E-state index in [0.29, 0.717) is 17.6 Å². The molecule has 2 bridgehead atoms. The predicted molar refractivity (Wildman–Crippen MR) is 62.9 cm³/mol. The summed E-state index contributed by atoms with van der Waals surface area (Å²) in [7, 11) is 0. The minimum atomic E-state index is -0.0310. The van der Waals surface area contributed by atoms with Crippen molar-refractivity contribution in [1.29, 1.82) is 0 Å². The molecule has 2 aliphatic rings. The van der Waals surface area contributed by atoms with Crippen LogP contribution < -0.4 is 0 Å². The Balaban J connectivity index is 2.23. The van der Waals surface area contributed by atoms with Crippen LogP contribution in [0.4, 0.5) is 0 Å². The molecule has 0 spiro atoms. The van der Waals surface area contributed by atoms with E-state index in [0.717, 1.165) is 12.8 Å². The molecule has 16 heavy (non-hydrogen) atoms. The minimum absolute atomic E-state index is 0.0255. The monoisotopic (exact) mass is 220 g/mol. The van der Waals surface area contributed by atoms with Gasteiger partial charge in [-0.1, -0.05) is 26.0 Å². The zero-order valence-corrected chi connectivity index (χ0v) is 10.3. The zero-order valence-electron chi connectivity index (χ0n) is 10.3. The van der Waals surface area contributed by atoms with E-state index in [-0.39, 0.29) is 23.5 Å². The number of carbonyl (C=O) groups is 2. The molecule has 0 heterocycles. The van der Waals surface area contributed by atoms with Gasteiger partial charge in [-0.25, -0.2) is 0 Å². The first-order valence-electron chi connectivity index (χ1n) is 6.28. The van der Waals surface area contributed by atoms with Crippen molar-refractivity contribution in [2.45, 2.75) is 33.6 Å². The maximum atomic E-state index is 12.3. The molecule has 1 fully saturated rings. The van der Waals surface area contributed by atoms with Gasteiger partial charge in [0.2, 0.25) is 0 Å². The van der Waals surface area contributed by atoms with Gasteiger partial charge >= 0.3 is 0 Å². The van der Waals surface area contributed by atoms with Crippen LogP contribution in [0.5, 0.6) is 0 Å². The first kappa shape index (κ1) is 11.6. The highest BCUT2D eigenvalue weighted by molar-refractivity contribution is 5.91.